The van der Waals surface area contributed by atoms with E-state index in [1.54, 1.807) is 38.1 Å². The van der Waals surface area contributed by atoms with E-state index in [9.17, 15) is 9.59 Å². The normalized spacial score (nSPS) is 11.2. The van der Waals surface area contributed by atoms with Crippen LogP contribution in [0.2, 0.25) is 0 Å². The maximum absolute atomic E-state index is 12.4. The lowest BCUT2D eigenvalue weighted by molar-refractivity contribution is 0.0599. The molecular weight excluding hydrogens is 370 g/mol. The zero-order valence-corrected chi connectivity index (χ0v) is 16.3. The number of hydrogen-bond donors (Lipinski definition) is 1. The number of carbonyl (C=O) groups is 2. The summed E-state index contributed by atoms with van der Waals surface area (Å²) in [5.41, 5.74) is 8.59. The van der Waals surface area contributed by atoms with Crippen molar-refractivity contribution in [1.82, 2.24) is 4.98 Å². The third-order valence-corrected chi connectivity index (χ3v) is 4.18. The third kappa shape index (κ3) is 4.25. The number of rotatable bonds is 5. The fraction of sp³-hybridized carbons (Fsp3) is 0.263. The number of ether oxygens (including phenoxy) is 2. The Balaban J connectivity index is 2.76. The van der Waals surface area contributed by atoms with E-state index in [2.05, 4.69) is 9.98 Å². The molecular formula is C19H20ClN3O4. The molecule has 0 atom stereocenters. The van der Waals surface area contributed by atoms with Crippen molar-refractivity contribution >= 4 is 35.1 Å². The first kappa shape index (κ1) is 20.4. The van der Waals surface area contributed by atoms with Gasteiger partial charge in [0.1, 0.15) is 5.84 Å². The van der Waals surface area contributed by atoms with E-state index in [1.165, 1.54) is 14.2 Å². The summed E-state index contributed by atoms with van der Waals surface area (Å²) in [6.07, 6.45) is 0. The summed E-state index contributed by atoms with van der Waals surface area (Å²) in [4.78, 5) is 33.2. The van der Waals surface area contributed by atoms with Crippen molar-refractivity contribution < 1.29 is 19.1 Å². The maximum Gasteiger partial charge on any atom is 0.340 e. The lowest BCUT2D eigenvalue weighted by Crippen LogP contribution is -2.16. The highest BCUT2D eigenvalue weighted by molar-refractivity contribution is 6.28. The molecule has 27 heavy (non-hydrogen) atoms. The number of aryl methyl sites for hydroxylation is 2. The fourth-order valence-electron chi connectivity index (χ4n) is 2.74. The lowest BCUT2D eigenvalue weighted by atomic mass is 9.92. The largest absolute Gasteiger partial charge is 0.465 e. The number of pyridine rings is 1. The summed E-state index contributed by atoms with van der Waals surface area (Å²) in [7, 11) is 2.55. The van der Waals surface area contributed by atoms with Gasteiger partial charge in [-0.05, 0) is 31.5 Å². The van der Waals surface area contributed by atoms with Crippen LogP contribution in [0.5, 0.6) is 0 Å². The van der Waals surface area contributed by atoms with Gasteiger partial charge in [0.05, 0.1) is 48.3 Å². The van der Waals surface area contributed by atoms with Crippen LogP contribution in [-0.2, 0) is 9.47 Å². The Bertz CT molecular complexity index is 868. The van der Waals surface area contributed by atoms with Crippen molar-refractivity contribution in [3.8, 4) is 11.1 Å². The van der Waals surface area contributed by atoms with Gasteiger partial charge in [0.15, 0.2) is 0 Å². The van der Waals surface area contributed by atoms with Crippen LogP contribution in [0.15, 0.2) is 29.3 Å². The van der Waals surface area contributed by atoms with E-state index >= 15 is 0 Å². The van der Waals surface area contributed by atoms with Crippen LogP contribution in [0, 0.1) is 13.8 Å². The second-order valence-corrected chi connectivity index (χ2v) is 5.94. The summed E-state index contributed by atoms with van der Waals surface area (Å²) in [6, 6.07) is 6.88. The van der Waals surface area contributed by atoms with E-state index in [-0.39, 0.29) is 22.8 Å². The molecule has 0 fully saturated rings. The van der Waals surface area contributed by atoms with Crippen LogP contribution in [0.4, 0.5) is 5.69 Å². The number of methoxy groups -OCH3 is 2. The molecule has 0 spiro atoms. The SMILES string of the molecule is COC(=O)c1c(C)nc(C)c(C(=O)OC)c1-c1ccc(N=C(N)CCl)cc1. The van der Waals surface area contributed by atoms with Crippen LogP contribution in [0.3, 0.4) is 0 Å². The van der Waals surface area contributed by atoms with Gasteiger partial charge in [-0.1, -0.05) is 12.1 Å². The second kappa shape index (κ2) is 8.64. The molecule has 1 aromatic carbocycles. The van der Waals surface area contributed by atoms with Crippen molar-refractivity contribution in [3.05, 3.63) is 46.8 Å². The first-order chi connectivity index (χ1) is 12.8. The molecule has 1 aromatic heterocycles. The summed E-state index contributed by atoms with van der Waals surface area (Å²) >= 11 is 5.64. The highest BCUT2D eigenvalue weighted by atomic mass is 35.5. The molecule has 0 radical (unpaired) electrons. The van der Waals surface area contributed by atoms with Crippen LogP contribution in [-0.4, -0.2) is 42.9 Å². The molecule has 2 aromatic rings. The zero-order chi connectivity index (χ0) is 20.1. The Hall–Kier alpha value is -2.93. The van der Waals surface area contributed by atoms with Crippen molar-refractivity contribution in [2.24, 2.45) is 10.7 Å². The smallest absolute Gasteiger partial charge is 0.340 e. The molecule has 142 valence electrons. The van der Waals surface area contributed by atoms with Gasteiger partial charge in [0, 0.05) is 5.56 Å². The first-order valence-corrected chi connectivity index (χ1v) is 8.54. The average molecular weight is 390 g/mol. The maximum atomic E-state index is 12.4. The predicted molar refractivity (Wildman–Crippen MR) is 104 cm³/mol. The number of nitrogens with two attached hydrogens (primary N) is 1. The van der Waals surface area contributed by atoms with Gasteiger partial charge in [-0.25, -0.2) is 14.6 Å². The number of aliphatic imine (C=N–C) groups is 1. The lowest BCUT2D eigenvalue weighted by Gasteiger charge is -2.17. The topological polar surface area (TPSA) is 104 Å². The standard InChI is InChI=1S/C19H20ClN3O4/c1-10-15(18(24)26-3)17(16(11(2)22-10)19(25)27-4)12-5-7-13(8-6-12)23-14(21)9-20/h5-8H,9H2,1-4H3,(H2,21,23). The number of benzene rings is 1. The molecule has 0 aliphatic rings. The molecule has 0 unspecified atom stereocenters. The molecule has 0 saturated heterocycles. The van der Waals surface area contributed by atoms with E-state index < -0.39 is 11.9 Å². The van der Waals surface area contributed by atoms with Gasteiger partial charge in [-0.2, -0.15) is 0 Å². The van der Waals surface area contributed by atoms with Crippen LogP contribution >= 0.6 is 11.6 Å². The Morgan fingerprint density at radius 2 is 1.52 bits per heavy atom. The van der Waals surface area contributed by atoms with Gasteiger partial charge in [0.25, 0.3) is 0 Å². The number of esters is 2. The molecule has 0 saturated carbocycles. The fourth-order valence-corrected chi connectivity index (χ4v) is 2.80. The minimum atomic E-state index is -0.589. The van der Waals surface area contributed by atoms with Gasteiger partial charge in [-0.3, -0.25) is 4.98 Å². The van der Waals surface area contributed by atoms with Gasteiger partial charge < -0.3 is 15.2 Å². The molecule has 2 rings (SSSR count). The predicted octanol–water partition coefficient (Wildman–Crippen LogP) is 3.17. The number of carbonyl (C=O) groups excluding carboxylic acids is 2. The molecule has 2 N–H and O–H groups in total. The number of alkyl halides is 1. The number of amidine groups is 1. The van der Waals surface area contributed by atoms with Crippen LogP contribution in [0.1, 0.15) is 32.1 Å². The minimum absolute atomic E-state index is 0.115. The van der Waals surface area contributed by atoms with Gasteiger partial charge in [-0.15, -0.1) is 11.6 Å². The monoisotopic (exact) mass is 389 g/mol. The molecule has 1 heterocycles. The summed E-state index contributed by atoms with van der Waals surface area (Å²) in [5.74, 6) is -0.781. The zero-order valence-electron chi connectivity index (χ0n) is 15.5. The van der Waals surface area contributed by atoms with Gasteiger partial charge >= 0.3 is 11.9 Å². The average Bonchev–Trinajstić information content (AvgIpc) is 2.66. The Morgan fingerprint density at radius 1 is 1.04 bits per heavy atom. The third-order valence-electron chi connectivity index (χ3n) is 3.90. The Morgan fingerprint density at radius 3 is 1.93 bits per heavy atom. The number of hydrogen-bond acceptors (Lipinski definition) is 6. The van der Waals surface area contributed by atoms with E-state index in [0.717, 1.165) is 0 Å². The van der Waals surface area contributed by atoms with Crippen molar-refractivity contribution in [3.63, 3.8) is 0 Å². The molecule has 0 aliphatic carbocycles. The Labute approximate surface area is 162 Å². The highest BCUT2D eigenvalue weighted by Gasteiger charge is 2.27. The molecule has 7 nitrogen and oxygen atoms in total. The van der Waals surface area contributed by atoms with E-state index in [4.69, 9.17) is 26.8 Å². The molecule has 0 bridgehead atoms. The number of halogens is 1. The van der Waals surface area contributed by atoms with Gasteiger partial charge in [0.2, 0.25) is 0 Å². The Kier molecular flexibility index (Phi) is 6.52. The first-order valence-electron chi connectivity index (χ1n) is 8.01. The number of nitrogens with zero attached hydrogens (tertiary/aromatic N) is 2. The van der Waals surface area contributed by atoms with E-state index in [1.807, 2.05) is 0 Å². The van der Waals surface area contributed by atoms with Crippen molar-refractivity contribution in [2.75, 3.05) is 20.1 Å². The van der Waals surface area contributed by atoms with Crippen molar-refractivity contribution in [1.29, 1.82) is 0 Å². The van der Waals surface area contributed by atoms with E-state index in [0.29, 0.717) is 28.2 Å². The van der Waals surface area contributed by atoms with Crippen LogP contribution in [0.25, 0.3) is 11.1 Å². The summed E-state index contributed by atoms with van der Waals surface area (Å²) < 4.78 is 9.79. The summed E-state index contributed by atoms with van der Waals surface area (Å²) in [5, 5.41) is 0. The number of aromatic nitrogens is 1. The quantitative estimate of drug-likeness (QED) is 0.364. The molecule has 0 aliphatic heterocycles. The minimum Gasteiger partial charge on any atom is -0.465 e. The van der Waals surface area contributed by atoms with Crippen molar-refractivity contribution in [2.45, 2.75) is 13.8 Å². The molecule has 0 amide bonds. The molecule has 8 heteroatoms. The summed E-state index contributed by atoms with van der Waals surface area (Å²) in [6.45, 7) is 3.37. The second-order valence-electron chi connectivity index (χ2n) is 5.67. The highest BCUT2D eigenvalue weighted by Crippen LogP contribution is 2.33. The van der Waals surface area contributed by atoms with Crippen LogP contribution < -0.4 is 5.73 Å².